The summed E-state index contributed by atoms with van der Waals surface area (Å²) in [7, 11) is 2.12. The second-order valence-electron chi connectivity index (χ2n) is 5.67. The minimum absolute atomic E-state index is 0.445. The number of aliphatic hydroxyl groups excluding tert-OH is 1. The molecule has 0 saturated carbocycles. The van der Waals surface area contributed by atoms with E-state index in [-0.39, 0.29) is 0 Å². The second-order valence-corrected chi connectivity index (χ2v) is 5.67. The van der Waals surface area contributed by atoms with Crippen LogP contribution in [0.2, 0.25) is 0 Å². The summed E-state index contributed by atoms with van der Waals surface area (Å²) in [6, 6.07) is 4.66. The van der Waals surface area contributed by atoms with E-state index in [1.165, 1.54) is 19.4 Å². The molecule has 0 aromatic carbocycles. The Balaban J connectivity index is 1.97. The zero-order chi connectivity index (χ0) is 14.5. The molecule has 4 nitrogen and oxygen atoms in total. The number of likely N-dealkylation sites (tertiary alicyclic amines) is 1. The van der Waals surface area contributed by atoms with Crippen molar-refractivity contribution in [2.45, 2.75) is 45.3 Å². The fourth-order valence-electron chi connectivity index (χ4n) is 2.97. The Morgan fingerprint density at radius 3 is 2.85 bits per heavy atom. The highest BCUT2D eigenvalue weighted by Crippen LogP contribution is 2.21. The van der Waals surface area contributed by atoms with Crippen molar-refractivity contribution < 1.29 is 5.11 Å². The van der Waals surface area contributed by atoms with E-state index in [1.54, 1.807) is 0 Å². The van der Waals surface area contributed by atoms with Gasteiger partial charge in [0, 0.05) is 19.6 Å². The number of nitrogens with zero attached hydrogens (tertiary/aromatic N) is 3. The second kappa shape index (κ2) is 7.04. The Bertz CT molecular complexity index is 407. The summed E-state index contributed by atoms with van der Waals surface area (Å²) in [5.74, 6) is 0. The first-order chi connectivity index (χ1) is 9.65. The van der Waals surface area contributed by atoms with Crippen molar-refractivity contribution in [1.82, 2.24) is 9.88 Å². The first-order valence-corrected chi connectivity index (χ1v) is 7.74. The van der Waals surface area contributed by atoms with Crippen LogP contribution in [0.5, 0.6) is 0 Å². The van der Waals surface area contributed by atoms with Crippen LogP contribution < -0.4 is 4.90 Å². The lowest BCUT2D eigenvalue weighted by atomic mass is 10.1. The fraction of sp³-hybridized carbons (Fsp3) is 0.688. The van der Waals surface area contributed by atoms with Gasteiger partial charge in [0.1, 0.15) is 0 Å². The molecule has 0 aliphatic carbocycles. The minimum Gasteiger partial charge on any atom is -0.387 e. The van der Waals surface area contributed by atoms with Gasteiger partial charge in [0.05, 0.1) is 23.7 Å². The van der Waals surface area contributed by atoms with Crippen LogP contribution in [0.25, 0.3) is 0 Å². The van der Waals surface area contributed by atoms with Gasteiger partial charge in [-0.15, -0.1) is 0 Å². The Labute approximate surface area is 122 Å². The standard InChI is InChI=1S/C16H27N3O/c1-4-16(20)15-9-8-13(11-17-15)18(3)12-14-7-6-10-19(14)5-2/h8-9,11,14,16,20H,4-7,10,12H2,1-3H3/t14?,16-/m0/s1. The summed E-state index contributed by atoms with van der Waals surface area (Å²) in [6.45, 7) is 7.62. The normalized spacial score (nSPS) is 21.1. The SMILES string of the molecule is CC[C@H](O)c1ccc(N(C)CC2CCCN2CC)cn1. The number of pyridine rings is 1. The van der Waals surface area contributed by atoms with Crippen LogP contribution in [0.4, 0.5) is 5.69 Å². The molecule has 112 valence electrons. The van der Waals surface area contributed by atoms with Crippen molar-refractivity contribution in [2.24, 2.45) is 0 Å². The van der Waals surface area contributed by atoms with Crippen molar-refractivity contribution in [1.29, 1.82) is 0 Å². The molecule has 1 aromatic rings. The van der Waals surface area contributed by atoms with Gasteiger partial charge in [-0.25, -0.2) is 0 Å². The van der Waals surface area contributed by atoms with E-state index in [0.717, 1.165) is 24.5 Å². The first kappa shape index (κ1) is 15.3. The van der Waals surface area contributed by atoms with Crippen molar-refractivity contribution in [3.8, 4) is 0 Å². The minimum atomic E-state index is -0.445. The van der Waals surface area contributed by atoms with Crippen LogP contribution in [-0.2, 0) is 0 Å². The molecule has 1 aromatic heterocycles. The summed E-state index contributed by atoms with van der Waals surface area (Å²) in [4.78, 5) is 9.21. The maximum Gasteiger partial charge on any atom is 0.0957 e. The van der Waals surface area contributed by atoms with Gasteiger partial charge in [0.15, 0.2) is 0 Å². The highest BCUT2D eigenvalue weighted by atomic mass is 16.3. The van der Waals surface area contributed by atoms with Gasteiger partial charge in [-0.3, -0.25) is 9.88 Å². The van der Waals surface area contributed by atoms with E-state index in [2.05, 4.69) is 34.8 Å². The Morgan fingerprint density at radius 2 is 2.25 bits per heavy atom. The summed E-state index contributed by atoms with van der Waals surface area (Å²) >= 11 is 0. The molecule has 2 rings (SSSR count). The van der Waals surface area contributed by atoms with E-state index >= 15 is 0 Å². The molecule has 1 aliphatic rings. The highest BCUT2D eigenvalue weighted by Gasteiger charge is 2.24. The Kier molecular flexibility index (Phi) is 5.38. The maximum absolute atomic E-state index is 9.77. The number of likely N-dealkylation sites (N-methyl/N-ethyl adjacent to an activating group) is 2. The monoisotopic (exact) mass is 277 g/mol. The number of aromatic nitrogens is 1. The molecule has 1 N–H and O–H groups in total. The molecule has 0 bridgehead atoms. The van der Waals surface area contributed by atoms with Crippen LogP contribution in [0.3, 0.4) is 0 Å². The predicted octanol–water partition coefficient (Wildman–Crippen LogP) is 2.45. The lowest BCUT2D eigenvalue weighted by Crippen LogP contribution is -2.38. The molecular formula is C16H27N3O. The molecule has 1 fully saturated rings. The average molecular weight is 277 g/mol. The van der Waals surface area contributed by atoms with E-state index in [1.807, 2.05) is 19.2 Å². The summed E-state index contributed by atoms with van der Waals surface area (Å²) in [6.07, 6.45) is 4.74. The molecular weight excluding hydrogens is 250 g/mol. The molecule has 2 atom stereocenters. The number of hydrogen-bond donors (Lipinski definition) is 1. The van der Waals surface area contributed by atoms with Crippen molar-refractivity contribution in [3.05, 3.63) is 24.0 Å². The molecule has 0 spiro atoms. The zero-order valence-corrected chi connectivity index (χ0v) is 12.9. The average Bonchev–Trinajstić information content (AvgIpc) is 2.93. The highest BCUT2D eigenvalue weighted by molar-refractivity contribution is 5.44. The summed E-state index contributed by atoms with van der Waals surface area (Å²) in [5, 5.41) is 9.77. The smallest absolute Gasteiger partial charge is 0.0957 e. The van der Waals surface area contributed by atoms with Gasteiger partial charge >= 0.3 is 0 Å². The lowest BCUT2D eigenvalue weighted by Gasteiger charge is -2.29. The lowest BCUT2D eigenvalue weighted by molar-refractivity contribution is 0.169. The Hall–Kier alpha value is -1.13. The van der Waals surface area contributed by atoms with E-state index < -0.39 is 6.10 Å². The number of hydrogen-bond acceptors (Lipinski definition) is 4. The molecule has 20 heavy (non-hydrogen) atoms. The van der Waals surface area contributed by atoms with Gasteiger partial charge in [0.25, 0.3) is 0 Å². The molecule has 0 amide bonds. The number of rotatable bonds is 6. The van der Waals surface area contributed by atoms with Crippen LogP contribution in [0, 0.1) is 0 Å². The third-order valence-corrected chi connectivity index (χ3v) is 4.33. The topological polar surface area (TPSA) is 39.6 Å². The number of anilines is 1. The molecule has 1 aliphatic heterocycles. The third kappa shape index (κ3) is 3.49. The first-order valence-electron chi connectivity index (χ1n) is 7.74. The van der Waals surface area contributed by atoms with Crippen molar-refractivity contribution >= 4 is 5.69 Å². The van der Waals surface area contributed by atoms with E-state index in [0.29, 0.717) is 12.5 Å². The zero-order valence-electron chi connectivity index (χ0n) is 12.9. The summed E-state index contributed by atoms with van der Waals surface area (Å²) < 4.78 is 0. The van der Waals surface area contributed by atoms with Gasteiger partial charge in [0.2, 0.25) is 0 Å². The van der Waals surface area contributed by atoms with Gasteiger partial charge in [-0.05, 0) is 44.5 Å². The quantitative estimate of drug-likeness (QED) is 0.867. The molecule has 1 unspecified atom stereocenters. The maximum atomic E-state index is 9.77. The van der Waals surface area contributed by atoms with E-state index in [9.17, 15) is 5.11 Å². The Morgan fingerprint density at radius 1 is 1.45 bits per heavy atom. The van der Waals surface area contributed by atoms with Crippen LogP contribution in [0.15, 0.2) is 18.3 Å². The molecule has 1 saturated heterocycles. The van der Waals surface area contributed by atoms with Crippen molar-refractivity contribution in [2.75, 3.05) is 31.6 Å². The fourth-order valence-corrected chi connectivity index (χ4v) is 2.97. The predicted molar refractivity (Wildman–Crippen MR) is 83.0 cm³/mol. The number of aliphatic hydroxyl groups is 1. The van der Waals surface area contributed by atoms with Crippen LogP contribution in [0.1, 0.15) is 44.9 Å². The third-order valence-electron chi connectivity index (χ3n) is 4.33. The summed E-state index contributed by atoms with van der Waals surface area (Å²) in [5.41, 5.74) is 1.89. The molecule has 2 heterocycles. The molecule has 4 heteroatoms. The largest absolute Gasteiger partial charge is 0.387 e. The van der Waals surface area contributed by atoms with Crippen LogP contribution in [-0.4, -0.2) is 47.7 Å². The van der Waals surface area contributed by atoms with Crippen molar-refractivity contribution in [3.63, 3.8) is 0 Å². The van der Waals surface area contributed by atoms with Gasteiger partial charge < -0.3 is 10.0 Å². The van der Waals surface area contributed by atoms with E-state index in [4.69, 9.17) is 0 Å². The van der Waals surface area contributed by atoms with Gasteiger partial charge in [-0.1, -0.05) is 13.8 Å². The van der Waals surface area contributed by atoms with Crippen LogP contribution >= 0.6 is 0 Å². The van der Waals surface area contributed by atoms with Gasteiger partial charge in [-0.2, -0.15) is 0 Å². The molecule has 0 radical (unpaired) electrons.